The van der Waals surface area contributed by atoms with Gasteiger partial charge in [0.25, 0.3) is 10.0 Å². The highest BCUT2D eigenvalue weighted by Crippen LogP contribution is 2.23. The Hall–Kier alpha value is -2.19. The van der Waals surface area contributed by atoms with Crippen LogP contribution in [0.15, 0.2) is 59.5 Å². The fourth-order valence-corrected chi connectivity index (χ4v) is 3.21. The summed E-state index contributed by atoms with van der Waals surface area (Å²) in [5.74, 6) is -0.718. The number of hydrogen-bond acceptors (Lipinski definition) is 5. The van der Waals surface area contributed by atoms with Gasteiger partial charge in [0.15, 0.2) is 0 Å². The van der Waals surface area contributed by atoms with E-state index in [4.69, 9.17) is 21.2 Å². The highest BCUT2D eigenvalue weighted by Gasteiger charge is 2.23. The van der Waals surface area contributed by atoms with Gasteiger partial charge in [-0.25, -0.2) is 13.2 Å². The lowest BCUT2D eigenvalue weighted by Gasteiger charge is -2.15. The van der Waals surface area contributed by atoms with Crippen molar-refractivity contribution in [2.45, 2.75) is 4.90 Å². The van der Waals surface area contributed by atoms with Crippen molar-refractivity contribution < 1.29 is 22.8 Å². The summed E-state index contributed by atoms with van der Waals surface area (Å²) in [5, 5.41) is 0.0982. The zero-order valence-corrected chi connectivity index (χ0v) is 15.8. The molecule has 0 heterocycles. The minimum absolute atomic E-state index is 0.0268. The molecule has 2 aromatic carbocycles. The van der Waals surface area contributed by atoms with E-state index in [9.17, 15) is 13.2 Å². The first-order valence-corrected chi connectivity index (χ1v) is 9.39. The van der Waals surface area contributed by atoms with Crippen molar-refractivity contribution in [3.8, 4) is 0 Å². The van der Waals surface area contributed by atoms with E-state index in [1.165, 1.54) is 26.3 Å². The van der Waals surface area contributed by atoms with Crippen LogP contribution in [0.5, 0.6) is 0 Å². The molecule has 0 aliphatic heterocycles. The molecule has 0 fully saturated rings. The van der Waals surface area contributed by atoms with Crippen LogP contribution in [0.25, 0.3) is 6.08 Å². The Labute approximate surface area is 157 Å². The third-order valence-corrected chi connectivity index (χ3v) is 5.48. The van der Waals surface area contributed by atoms with E-state index < -0.39 is 16.0 Å². The largest absolute Gasteiger partial charge is 0.458 e. The summed E-state index contributed by atoms with van der Waals surface area (Å²) in [4.78, 5) is 16.8. The monoisotopic (exact) mass is 395 g/mol. The molecule has 0 unspecified atom stereocenters. The molecule has 138 valence electrons. The van der Waals surface area contributed by atoms with Crippen molar-refractivity contribution in [2.75, 3.05) is 20.8 Å². The summed E-state index contributed by atoms with van der Waals surface area (Å²) in [6.07, 6.45) is 3.49. The zero-order valence-electron chi connectivity index (χ0n) is 14.3. The molecule has 0 amide bonds. The first-order chi connectivity index (χ1) is 12.4. The molecule has 0 aliphatic carbocycles. The molecular formula is C18H18ClNO5S. The van der Waals surface area contributed by atoms with Crippen LogP contribution in [0.2, 0.25) is 5.02 Å². The van der Waals surface area contributed by atoms with E-state index in [1.54, 1.807) is 6.08 Å². The first kappa shape index (κ1) is 20.1. The third kappa shape index (κ3) is 4.92. The minimum Gasteiger partial charge on any atom is -0.458 e. The Morgan fingerprint density at radius 3 is 2.54 bits per heavy atom. The van der Waals surface area contributed by atoms with Gasteiger partial charge in [0, 0.05) is 7.05 Å². The van der Waals surface area contributed by atoms with Gasteiger partial charge < -0.3 is 4.74 Å². The summed E-state index contributed by atoms with van der Waals surface area (Å²) < 4.78 is 30.3. The molecular weight excluding hydrogens is 378 g/mol. The van der Waals surface area contributed by atoms with E-state index in [0.29, 0.717) is 4.47 Å². The molecule has 0 aliphatic rings. The molecule has 0 bridgehead atoms. The lowest BCUT2D eigenvalue weighted by atomic mass is 10.2. The number of hydrogen-bond donors (Lipinski definition) is 0. The van der Waals surface area contributed by atoms with Gasteiger partial charge in [-0.3, -0.25) is 4.84 Å². The average Bonchev–Trinajstić information content (AvgIpc) is 2.65. The molecule has 0 atom stereocenters. The summed E-state index contributed by atoms with van der Waals surface area (Å²) in [6, 6.07) is 13.3. The topological polar surface area (TPSA) is 72.9 Å². The van der Waals surface area contributed by atoms with Crippen molar-refractivity contribution >= 4 is 33.7 Å². The molecule has 0 radical (unpaired) electrons. The van der Waals surface area contributed by atoms with Gasteiger partial charge in [0.1, 0.15) is 6.61 Å². The van der Waals surface area contributed by atoms with Crippen LogP contribution in [-0.4, -0.2) is 39.6 Å². The predicted octanol–water partition coefficient (Wildman–Crippen LogP) is 3.39. The summed E-state index contributed by atoms with van der Waals surface area (Å²) >= 11 is 6.00. The number of rotatable bonds is 7. The van der Waals surface area contributed by atoms with Gasteiger partial charge in [0.05, 0.1) is 22.6 Å². The van der Waals surface area contributed by atoms with Crippen molar-refractivity contribution in [3.05, 3.63) is 70.8 Å². The van der Waals surface area contributed by atoms with Crippen LogP contribution in [0, 0.1) is 0 Å². The summed E-state index contributed by atoms with van der Waals surface area (Å²) in [6.45, 7) is 0.0268. The predicted molar refractivity (Wildman–Crippen MR) is 99.2 cm³/mol. The maximum absolute atomic E-state index is 12.3. The summed E-state index contributed by atoms with van der Waals surface area (Å²) in [5.41, 5.74) is 0.933. The molecule has 0 N–H and O–H groups in total. The van der Waals surface area contributed by atoms with Gasteiger partial charge in [-0.1, -0.05) is 52.5 Å². The number of sulfonamides is 1. The Morgan fingerprint density at radius 2 is 1.88 bits per heavy atom. The van der Waals surface area contributed by atoms with E-state index in [2.05, 4.69) is 0 Å². The highest BCUT2D eigenvalue weighted by atomic mass is 35.5. The maximum Gasteiger partial charge on any atom is 0.340 e. The molecule has 0 saturated heterocycles. The molecule has 0 spiro atoms. The van der Waals surface area contributed by atoms with E-state index >= 15 is 0 Å². The van der Waals surface area contributed by atoms with Crippen LogP contribution < -0.4 is 0 Å². The second-order valence-electron chi connectivity index (χ2n) is 5.15. The number of benzene rings is 2. The number of halogens is 1. The van der Waals surface area contributed by atoms with E-state index in [-0.39, 0.29) is 22.1 Å². The van der Waals surface area contributed by atoms with Gasteiger partial charge in [-0.15, -0.1) is 0 Å². The van der Waals surface area contributed by atoms with Crippen LogP contribution in [0.1, 0.15) is 15.9 Å². The summed E-state index contributed by atoms with van der Waals surface area (Å²) in [7, 11) is -1.42. The second-order valence-corrected chi connectivity index (χ2v) is 7.49. The quantitative estimate of drug-likeness (QED) is 0.530. The van der Waals surface area contributed by atoms with Gasteiger partial charge in [-0.2, -0.15) is 0 Å². The molecule has 6 nitrogen and oxygen atoms in total. The van der Waals surface area contributed by atoms with Crippen molar-refractivity contribution in [1.82, 2.24) is 4.47 Å². The second kappa shape index (κ2) is 8.95. The van der Waals surface area contributed by atoms with Gasteiger partial charge >= 0.3 is 5.97 Å². The van der Waals surface area contributed by atoms with Crippen LogP contribution in [0.3, 0.4) is 0 Å². The van der Waals surface area contributed by atoms with E-state index in [0.717, 1.165) is 11.6 Å². The SMILES string of the molecule is CON(C)S(=O)(=O)c1ccc(Cl)c(C(=O)OC/C=C/c2ccccc2)c1. The molecule has 2 rings (SSSR count). The number of ether oxygens (including phenoxy) is 1. The number of hydroxylamine groups is 1. The van der Waals surface area contributed by atoms with Gasteiger partial charge in [-0.05, 0) is 29.8 Å². The fraction of sp³-hybridized carbons (Fsp3) is 0.167. The Bertz CT molecular complexity index is 897. The molecule has 0 aromatic heterocycles. The number of carbonyl (C=O) groups excluding carboxylic acids is 1. The van der Waals surface area contributed by atoms with Crippen LogP contribution >= 0.6 is 11.6 Å². The maximum atomic E-state index is 12.3. The van der Waals surface area contributed by atoms with Crippen LogP contribution in [-0.2, 0) is 19.6 Å². The third-order valence-electron chi connectivity index (χ3n) is 3.47. The minimum atomic E-state index is -3.89. The smallest absolute Gasteiger partial charge is 0.340 e. The van der Waals surface area contributed by atoms with Crippen molar-refractivity contribution in [3.63, 3.8) is 0 Å². The molecule has 8 heteroatoms. The molecule has 0 saturated carbocycles. The Morgan fingerprint density at radius 1 is 1.19 bits per heavy atom. The highest BCUT2D eigenvalue weighted by molar-refractivity contribution is 7.89. The Balaban J connectivity index is 2.11. The van der Waals surface area contributed by atoms with E-state index in [1.807, 2.05) is 36.4 Å². The average molecular weight is 396 g/mol. The number of esters is 1. The number of carbonyl (C=O) groups is 1. The van der Waals surface area contributed by atoms with Crippen molar-refractivity contribution in [2.24, 2.45) is 0 Å². The normalized spacial score (nSPS) is 11.8. The zero-order chi connectivity index (χ0) is 19.2. The van der Waals surface area contributed by atoms with Gasteiger partial charge in [0.2, 0.25) is 0 Å². The lowest BCUT2D eigenvalue weighted by Crippen LogP contribution is -2.26. The molecule has 2 aromatic rings. The fourth-order valence-electron chi connectivity index (χ4n) is 2.02. The first-order valence-electron chi connectivity index (χ1n) is 7.57. The van der Waals surface area contributed by atoms with Crippen molar-refractivity contribution in [1.29, 1.82) is 0 Å². The Kier molecular flexibility index (Phi) is 6.93. The lowest BCUT2D eigenvalue weighted by molar-refractivity contribution is -0.0258. The van der Waals surface area contributed by atoms with Crippen LogP contribution in [0.4, 0.5) is 0 Å². The molecule has 26 heavy (non-hydrogen) atoms. The number of nitrogens with zero attached hydrogens (tertiary/aromatic N) is 1. The standard InChI is InChI=1S/C18H18ClNO5S/c1-20(24-2)26(22,23)15-10-11-17(19)16(13-15)18(21)25-12-6-9-14-7-4-3-5-8-14/h3-11,13H,12H2,1-2H3/b9-6+.